The van der Waals surface area contributed by atoms with Gasteiger partial charge < -0.3 is 14.8 Å². The molecule has 0 spiro atoms. The van der Waals surface area contributed by atoms with Gasteiger partial charge in [0.2, 0.25) is 11.9 Å². The van der Waals surface area contributed by atoms with Crippen LogP contribution >= 0.6 is 0 Å². The third-order valence-corrected chi connectivity index (χ3v) is 4.82. The van der Waals surface area contributed by atoms with Gasteiger partial charge in [0, 0.05) is 57.5 Å². The number of carbonyl (C=O) groups excluding carboxylic acids is 1. The minimum Gasteiger partial charge on any atom is -0.351 e. The molecule has 1 saturated heterocycles. The van der Waals surface area contributed by atoms with Crippen LogP contribution in [0.5, 0.6) is 0 Å². The van der Waals surface area contributed by atoms with Gasteiger partial charge >= 0.3 is 0 Å². The first kappa shape index (κ1) is 18.1. The summed E-state index contributed by atoms with van der Waals surface area (Å²) in [5.41, 5.74) is 2.08. The fraction of sp³-hybridized carbons (Fsp3) is 0.300. The topological polar surface area (TPSA) is 79.2 Å². The second kappa shape index (κ2) is 8.62. The van der Waals surface area contributed by atoms with Gasteiger partial charge in [0.05, 0.1) is 18.6 Å². The maximum absolute atomic E-state index is 12.4. The molecule has 1 aliphatic heterocycles. The lowest BCUT2D eigenvalue weighted by Gasteiger charge is -2.34. The Morgan fingerprint density at radius 2 is 1.79 bits per heavy atom. The predicted molar refractivity (Wildman–Crippen MR) is 106 cm³/mol. The molecule has 1 fully saturated rings. The van der Waals surface area contributed by atoms with Gasteiger partial charge in [0.15, 0.2) is 0 Å². The highest BCUT2D eigenvalue weighted by Crippen LogP contribution is 2.14. The Morgan fingerprint density at radius 3 is 2.54 bits per heavy atom. The van der Waals surface area contributed by atoms with Gasteiger partial charge in [-0.15, -0.1) is 0 Å². The van der Waals surface area contributed by atoms with Crippen LogP contribution in [0.2, 0.25) is 0 Å². The van der Waals surface area contributed by atoms with Crippen molar-refractivity contribution in [2.45, 2.75) is 6.54 Å². The summed E-state index contributed by atoms with van der Waals surface area (Å²) in [7, 11) is 0. The number of nitrogens with zero attached hydrogens (tertiary/aromatic N) is 6. The van der Waals surface area contributed by atoms with E-state index in [1.807, 2.05) is 41.1 Å². The molecule has 0 bridgehead atoms. The molecule has 3 heterocycles. The van der Waals surface area contributed by atoms with Crippen LogP contribution in [-0.4, -0.2) is 63.0 Å². The average Bonchev–Trinajstić information content (AvgIpc) is 3.28. The highest BCUT2D eigenvalue weighted by Gasteiger charge is 2.20. The SMILES string of the molecule is O=C(CN1CCN(c2ncccn2)CC1)NCc1ccccc1-n1ccnc1. The average molecular weight is 377 g/mol. The van der Waals surface area contributed by atoms with Gasteiger partial charge in [-0.25, -0.2) is 15.0 Å². The zero-order valence-electron chi connectivity index (χ0n) is 15.6. The lowest BCUT2D eigenvalue weighted by molar-refractivity contribution is -0.122. The number of amides is 1. The summed E-state index contributed by atoms with van der Waals surface area (Å²) in [5, 5.41) is 3.04. The molecule has 0 radical (unpaired) electrons. The smallest absolute Gasteiger partial charge is 0.234 e. The van der Waals surface area contributed by atoms with Crippen molar-refractivity contribution in [2.24, 2.45) is 0 Å². The standard InChI is InChI=1S/C20H23N7O/c28-19(15-25-10-12-26(13-11-25)20-22-6-3-7-23-20)24-14-17-4-1-2-5-18(17)27-9-8-21-16-27/h1-9,16H,10-15H2,(H,24,28). The van der Waals surface area contributed by atoms with E-state index in [9.17, 15) is 4.79 Å². The number of hydrogen-bond donors (Lipinski definition) is 1. The fourth-order valence-electron chi connectivity index (χ4n) is 3.33. The van der Waals surface area contributed by atoms with Crippen LogP contribution in [-0.2, 0) is 11.3 Å². The highest BCUT2D eigenvalue weighted by molar-refractivity contribution is 5.78. The molecule has 8 heteroatoms. The number of para-hydroxylation sites is 1. The largest absolute Gasteiger partial charge is 0.351 e. The molecule has 0 aliphatic carbocycles. The number of piperazine rings is 1. The summed E-state index contributed by atoms with van der Waals surface area (Å²) in [6.45, 7) is 4.16. The van der Waals surface area contributed by atoms with E-state index in [0.29, 0.717) is 13.1 Å². The van der Waals surface area contributed by atoms with E-state index < -0.39 is 0 Å². The quantitative estimate of drug-likeness (QED) is 0.693. The van der Waals surface area contributed by atoms with E-state index in [4.69, 9.17) is 0 Å². The molecule has 1 N–H and O–H groups in total. The summed E-state index contributed by atoms with van der Waals surface area (Å²) in [5.74, 6) is 0.785. The Labute approximate surface area is 163 Å². The summed E-state index contributed by atoms with van der Waals surface area (Å²) in [4.78, 5) is 29.4. The Hall–Kier alpha value is -3.26. The lowest BCUT2D eigenvalue weighted by atomic mass is 10.1. The number of benzene rings is 1. The molecular weight excluding hydrogens is 354 g/mol. The molecule has 1 aromatic carbocycles. The third-order valence-electron chi connectivity index (χ3n) is 4.82. The van der Waals surface area contributed by atoms with E-state index in [-0.39, 0.29) is 5.91 Å². The van der Waals surface area contributed by atoms with Crippen molar-refractivity contribution in [3.63, 3.8) is 0 Å². The van der Waals surface area contributed by atoms with E-state index >= 15 is 0 Å². The second-order valence-electron chi connectivity index (χ2n) is 6.69. The second-order valence-corrected chi connectivity index (χ2v) is 6.69. The summed E-state index contributed by atoms with van der Waals surface area (Å²) < 4.78 is 1.95. The monoisotopic (exact) mass is 377 g/mol. The molecular formula is C20H23N7O. The van der Waals surface area contributed by atoms with Crippen LogP contribution in [0.4, 0.5) is 5.95 Å². The van der Waals surface area contributed by atoms with E-state index in [2.05, 4.69) is 30.1 Å². The molecule has 28 heavy (non-hydrogen) atoms. The number of hydrogen-bond acceptors (Lipinski definition) is 6. The first-order chi connectivity index (χ1) is 13.8. The molecule has 4 rings (SSSR count). The van der Waals surface area contributed by atoms with Crippen LogP contribution in [0.3, 0.4) is 0 Å². The van der Waals surface area contributed by atoms with Crippen LogP contribution < -0.4 is 10.2 Å². The maximum atomic E-state index is 12.4. The van der Waals surface area contributed by atoms with Crippen molar-refractivity contribution in [1.29, 1.82) is 0 Å². The Balaban J connectivity index is 1.27. The molecule has 3 aromatic rings. The molecule has 1 aliphatic rings. The number of aromatic nitrogens is 4. The van der Waals surface area contributed by atoms with Gasteiger partial charge in [-0.1, -0.05) is 18.2 Å². The van der Waals surface area contributed by atoms with Gasteiger partial charge in [-0.3, -0.25) is 9.69 Å². The molecule has 0 saturated carbocycles. The van der Waals surface area contributed by atoms with Crippen LogP contribution in [0.25, 0.3) is 5.69 Å². The van der Waals surface area contributed by atoms with Gasteiger partial charge in [0.1, 0.15) is 0 Å². The van der Waals surface area contributed by atoms with Crippen LogP contribution in [0.15, 0.2) is 61.4 Å². The fourth-order valence-corrected chi connectivity index (χ4v) is 3.33. The number of imidazole rings is 1. The molecule has 0 atom stereocenters. The summed E-state index contributed by atoms with van der Waals surface area (Å²) in [6, 6.07) is 9.82. The third kappa shape index (κ3) is 4.34. The van der Waals surface area contributed by atoms with Crippen molar-refractivity contribution in [3.05, 3.63) is 67.0 Å². The first-order valence-corrected chi connectivity index (χ1v) is 9.37. The normalized spacial score (nSPS) is 14.8. The minimum atomic E-state index is 0.0323. The number of nitrogens with one attached hydrogen (secondary N) is 1. The van der Waals surface area contributed by atoms with Crippen molar-refractivity contribution >= 4 is 11.9 Å². The van der Waals surface area contributed by atoms with Crippen LogP contribution in [0.1, 0.15) is 5.56 Å². The molecule has 0 unspecified atom stereocenters. The summed E-state index contributed by atoms with van der Waals surface area (Å²) >= 11 is 0. The number of rotatable bonds is 6. The maximum Gasteiger partial charge on any atom is 0.234 e. The molecule has 2 aromatic heterocycles. The minimum absolute atomic E-state index is 0.0323. The molecule has 144 valence electrons. The van der Waals surface area contributed by atoms with Crippen molar-refractivity contribution in [1.82, 2.24) is 29.7 Å². The summed E-state index contributed by atoms with van der Waals surface area (Å²) in [6.07, 6.45) is 8.91. The lowest BCUT2D eigenvalue weighted by Crippen LogP contribution is -2.49. The van der Waals surface area contributed by atoms with E-state index in [1.165, 1.54) is 0 Å². The number of carbonyl (C=O) groups is 1. The van der Waals surface area contributed by atoms with Crippen molar-refractivity contribution < 1.29 is 4.79 Å². The Bertz CT molecular complexity index is 890. The zero-order valence-corrected chi connectivity index (χ0v) is 15.6. The molecule has 1 amide bonds. The predicted octanol–water partition coefficient (Wildman–Crippen LogP) is 1.10. The zero-order chi connectivity index (χ0) is 19.2. The van der Waals surface area contributed by atoms with E-state index in [0.717, 1.165) is 43.4 Å². The van der Waals surface area contributed by atoms with E-state index in [1.54, 1.807) is 24.9 Å². The van der Waals surface area contributed by atoms with Gasteiger partial charge in [-0.2, -0.15) is 0 Å². The van der Waals surface area contributed by atoms with Crippen molar-refractivity contribution in [2.75, 3.05) is 37.6 Å². The highest BCUT2D eigenvalue weighted by atomic mass is 16.2. The van der Waals surface area contributed by atoms with Gasteiger partial charge in [-0.05, 0) is 17.7 Å². The number of anilines is 1. The molecule has 8 nitrogen and oxygen atoms in total. The first-order valence-electron chi connectivity index (χ1n) is 9.37. The van der Waals surface area contributed by atoms with Crippen molar-refractivity contribution in [3.8, 4) is 5.69 Å². The van der Waals surface area contributed by atoms with Gasteiger partial charge in [0.25, 0.3) is 0 Å². The van der Waals surface area contributed by atoms with Crippen LogP contribution in [0, 0.1) is 0 Å². The Morgan fingerprint density at radius 1 is 1.00 bits per heavy atom. The Kier molecular flexibility index (Phi) is 5.58.